The van der Waals surface area contributed by atoms with Crippen LogP contribution in [0.15, 0.2) is 41.0 Å². The Morgan fingerprint density at radius 3 is 2.93 bits per heavy atom. The molecular formula is C19H15N5O3S3. The molecule has 0 aliphatic rings. The van der Waals surface area contributed by atoms with Gasteiger partial charge in [0.1, 0.15) is 16.2 Å². The highest BCUT2D eigenvalue weighted by atomic mass is 32.2. The number of nitro benzene ring substituents is 1. The van der Waals surface area contributed by atoms with Crippen LogP contribution in [0.1, 0.15) is 10.4 Å². The van der Waals surface area contributed by atoms with E-state index in [-0.39, 0.29) is 17.3 Å². The molecule has 4 aromatic rings. The van der Waals surface area contributed by atoms with Gasteiger partial charge in [0.15, 0.2) is 5.13 Å². The molecule has 0 unspecified atom stereocenters. The van der Waals surface area contributed by atoms with Crippen LogP contribution >= 0.6 is 34.4 Å². The van der Waals surface area contributed by atoms with Crippen LogP contribution in [-0.4, -0.2) is 31.5 Å². The lowest BCUT2D eigenvalue weighted by Gasteiger charge is -2.03. The number of carbonyl (C=O) groups excluding carboxylic acids is 1. The van der Waals surface area contributed by atoms with Gasteiger partial charge in [-0.3, -0.25) is 14.9 Å². The molecule has 0 saturated heterocycles. The van der Waals surface area contributed by atoms with Gasteiger partial charge in [-0.05, 0) is 19.4 Å². The number of nitro groups is 1. The molecule has 3 aromatic heterocycles. The van der Waals surface area contributed by atoms with Crippen molar-refractivity contribution >= 4 is 61.4 Å². The third-order valence-corrected chi connectivity index (χ3v) is 7.24. The number of carbonyl (C=O) groups is 1. The van der Waals surface area contributed by atoms with Gasteiger partial charge in [-0.1, -0.05) is 23.9 Å². The highest BCUT2D eigenvalue weighted by molar-refractivity contribution is 8.00. The van der Waals surface area contributed by atoms with Crippen LogP contribution in [0, 0.1) is 24.0 Å². The standard InChI is InChI=1S/C19H15N5O3S3/c1-10-11(2)30-18-16(10)17(20-9-21-18)28-8-15(25)23-19-22-14(7-29-19)12-4-3-5-13(6-12)24(26)27/h3-7,9H,8H2,1-2H3,(H,22,23,25). The van der Waals surface area contributed by atoms with Gasteiger partial charge in [0.2, 0.25) is 5.91 Å². The number of thiazole rings is 1. The summed E-state index contributed by atoms with van der Waals surface area (Å²) in [5.41, 5.74) is 2.34. The van der Waals surface area contributed by atoms with E-state index in [1.165, 1.54) is 46.4 Å². The molecule has 0 saturated carbocycles. The maximum atomic E-state index is 12.4. The van der Waals surface area contributed by atoms with E-state index in [1.807, 2.05) is 13.8 Å². The number of thiophene rings is 1. The number of hydrogen-bond acceptors (Lipinski definition) is 9. The second kappa shape index (κ2) is 8.46. The number of amides is 1. The molecule has 11 heteroatoms. The molecule has 1 N–H and O–H groups in total. The number of benzene rings is 1. The lowest BCUT2D eigenvalue weighted by molar-refractivity contribution is -0.384. The van der Waals surface area contributed by atoms with Crippen molar-refractivity contribution in [2.24, 2.45) is 0 Å². The Morgan fingerprint density at radius 2 is 2.13 bits per heavy atom. The first-order valence-corrected chi connectivity index (χ1v) is 11.4. The molecule has 0 aliphatic heterocycles. The normalized spacial score (nSPS) is 11.0. The molecular weight excluding hydrogens is 442 g/mol. The third kappa shape index (κ3) is 4.18. The van der Waals surface area contributed by atoms with E-state index in [1.54, 1.807) is 28.8 Å². The smallest absolute Gasteiger partial charge is 0.270 e. The number of hydrogen-bond donors (Lipinski definition) is 1. The number of thioether (sulfide) groups is 1. The summed E-state index contributed by atoms with van der Waals surface area (Å²) >= 11 is 4.25. The minimum Gasteiger partial charge on any atom is -0.301 e. The number of non-ortho nitro benzene ring substituents is 1. The van der Waals surface area contributed by atoms with Gasteiger partial charge in [-0.15, -0.1) is 22.7 Å². The Kier molecular flexibility index (Phi) is 5.75. The average Bonchev–Trinajstić information content (AvgIpc) is 3.31. The third-order valence-electron chi connectivity index (χ3n) is 4.37. The Balaban J connectivity index is 1.43. The molecule has 1 amide bonds. The summed E-state index contributed by atoms with van der Waals surface area (Å²) in [5, 5.41) is 17.7. The van der Waals surface area contributed by atoms with Crippen LogP contribution in [0.3, 0.4) is 0 Å². The molecule has 3 heterocycles. The fourth-order valence-electron chi connectivity index (χ4n) is 2.79. The Hall–Kier alpha value is -2.89. The molecule has 1 aromatic carbocycles. The molecule has 0 bridgehead atoms. The second-order valence-corrected chi connectivity index (χ2v) is 9.35. The number of nitrogens with zero attached hydrogens (tertiary/aromatic N) is 4. The first kappa shape index (κ1) is 20.4. The number of fused-ring (bicyclic) bond motifs is 1. The Morgan fingerprint density at radius 1 is 1.30 bits per heavy atom. The molecule has 152 valence electrons. The van der Waals surface area contributed by atoms with Crippen LogP contribution in [0.25, 0.3) is 21.5 Å². The highest BCUT2D eigenvalue weighted by Crippen LogP contribution is 2.34. The van der Waals surface area contributed by atoms with Gasteiger partial charge < -0.3 is 5.32 Å². The Bertz CT molecular complexity index is 1270. The summed E-state index contributed by atoms with van der Waals surface area (Å²) in [7, 11) is 0. The summed E-state index contributed by atoms with van der Waals surface area (Å²) < 4.78 is 0. The largest absolute Gasteiger partial charge is 0.301 e. The predicted molar refractivity (Wildman–Crippen MR) is 120 cm³/mol. The molecule has 0 fully saturated rings. The van der Waals surface area contributed by atoms with Gasteiger partial charge in [0.25, 0.3) is 5.69 Å². The van der Waals surface area contributed by atoms with E-state index >= 15 is 0 Å². The van der Waals surface area contributed by atoms with Crippen LogP contribution in [-0.2, 0) is 4.79 Å². The summed E-state index contributed by atoms with van der Waals surface area (Å²) in [6.45, 7) is 4.08. The fourth-order valence-corrected chi connectivity index (χ4v) is 5.44. The van der Waals surface area contributed by atoms with Gasteiger partial charge >= 0.3 is 0 Å². The predicted octanol–water partition coefficient (Wildman–Crippen LogP) is 5.07. The van der Waals surface area contributed by atoms with Crippen LogP contribution in [0.4, 0.5) is 10.8 Å². The van der Waals surface area contributed by atoms with Crippen molar-refractivity contribution in [1.29, 1.82) is 0 Å². The van der Waals surface area contributed by atoms with E-state index in [0.29, 0.717) is 16.4 Å². The van der Waals surface area contributed by atoms with E-state index < -0.39 is 4.92 Å². The van der Waals surface area contributed by atoms with Crippen molar-refractivity contribution in [1.82, 2.24) is 15.0 Å². The van der Waals surface area contributed by atoms with Crippen LogP contribution in [0.5, 0.6) is 0 Å². The van der Waals surface area contributed by atoms with Crippen LogP contribution in [0.2, 0.25) is 0 Å². The quantitative estimate of drug-likeness (QED) is 0.186. The van der Waals surface area contributed by atoms with Crippen molar-refractivity contribution in [3.8, 4) is 11.3 Å². The minimum atomic E-state index is -0.448. The zero-order valence-electron chi connectivity index (χ0n) is 15.9. The molecule has 8 nitrogen and oxygen atoms in total. The van der Waals surface area contributed by atoms with Crippen molar-refractivity contribution in [3.05, 3.63) is 56.5 Å². The molecule has 4 rings (SSSR count). The number of anilines is 1. The average molecular weight is 458 g/mol. The summed E-state index contributed by atoms with van der Waals surface area (Å²) in [6, 6.07) is 6.24. The molecule has 0 radical (unpaired) electrons. The van der Waals surface area contributed by atoms with E-state index in [2.05, 4.69) is 20.3 Å². The summed E-state index contributed by atoms with van der Waals surface area (Å²) in [4.78, 5) is 38.0. The van der Waals surface area contributed by atoms with Crippen molar-refractivity contribution in [2.45, 2.75) is 18.9 Å². The van der Waals surface area contributed by atoms with Gasteiger partial charge in [-0.2, -0.15) is 0 Å². The Labute approximate surface area is 183 Å². The number of aryl methyl sites for hydroxylation is 2. The summed E-state index contributed by atoms with van der Waals surface area (Å²) in [6.07, 6.45) is 1.52. The van der Waals surface area contributed by atoms with Gasteiger partial charge in [0, 0.05) is 33.3 Å². The van der Waals surface area contributed by atoms with Crippen LogP contribution < -0.4 is 5.32 Å². The van der Waals surface area contributed by atoms with E-state index in [0.717, 1.165) is 20.8 Å². The van der Waals surface area contributed by atoms with Gasteiger partial charge in [-0.25, -0.2) is 15.0 Å². The fraction of sp³-hybridized carbons (Fsp3) is 0.158. The molecule has 0 aliphatic carbocycles. The zero-order valence-corrected chi connectivity index (χ0v) is 18.4. The zero-order chi connectivity index (χ0) is 21.3. The van der Waals surface area contributed by atoms with E-state index in [9.17, 15) is 14.9 Å². The highest BCUT2D eigenvalue weighted by Gasteiger charge is 2.15. The van der Waals surface area contributed by atoms with E-state index in [4.69, 9.17) is 0 Å². The lowest BCUT2D eigenvalue weighted by atomic mass is 10.1. The number of rotatable bonds is 6. The first-order valence-electron chi connectivity index (χ1n) is 8.76. The molecule has 0 spiro atoms. The molecule has 0 atom stereocenters. The lowest BCUT2D eigenvalue weighted by Crippen LogP contribution is -2.14. The molecule has 30 heavy (non-hydrogen) atoms. The van der Waals surface area contributed by atoms with Crippen molar-refractivity contribution < 1.29 is 9.72 Å². The topological polar surface area (TPSA) is 111 Å². The monoisotopic (exact) mass is 457 g/mol. The van der Waals surface area contributed by atoms with Crippen molar-refractivity contribution in [2.75, 3.05) is 11.1 Å². The summed E-state index contributed by atoms with van der Waals surface area (Å²) in [5.74, 6) is -0.0112. The SMILES string of the molecule is Cc1sc2ncnc(SCC(=O)Nc3nc(-c4cccc([N+](=O)[O-])c4)cs3)c2c1C. The maximum Gasteiger partial charge on any atom is 0.270 e. The number of nitrogens with one attached hydrogen (secondary N) is 1. The minimum absolute atomic E-state index is 0.00221. The first-order chi connectivity index (χ1) is 14.4. The second-order valence-electron chi connectivity index (χ2n) is 6.32. The number of aromatic nitrogens is 3. The van der Waals surface area contributed by atoms with Crippen molar-refractivity contribution in [3.63, 3.8) is 0 Å². The maximum absolute atomic E-state index is 12.4. The van der Waals surface area contributed by atoms with Gasteiger partial charge in [0.05, 0.1) is 16.4 Å².